The predicted octanol–water partition coefficient (Wildman–Crippen LogP) is 0.975. The fourth-order valence-electron chi connectivity index (χ4n) is 2.12. The summed E-state index contributed by atoms with van der Waals surface area (Å²) in [5.41, 5.74) is 7.15. The molecule has 1 aromatic carbocycles. The van der Waals surface area contributed by atoms with Crippen LogP contribution >= 0.6 is 0 Å². The van der Waals surface area contributed by atoms with Gasteiger partial charge in [0, 0.05) is 17.8 Å². The van der Waals surface area contributed by atoms with E-state index < -0.39 is 9.84 Å². The van der Waals surface area contributed by atoms with Gasteiger partial charge in [0.2, 0.25) is 5.91 Å². The van der Waals surface area contributed by atoms with Crippen LogP contribution in [-0.4, -0.2) is 31.9 Å². The molecule has 1 aromatic rings. The number of nitrogen functional groups attached to an aromatic ring is 1. The van der Waals surface area contributed by atoms with Crippen LogP contribution in [0.15, 0.2) is 30.3 Å². The van der Waals surface area contributed by atoms with Crippen LogP contribution in [-0.2, 0) is 14.6 Å². The minimum atomic E-state index is -2.89. The highest BCUT2D eigenvalue weighted by atomic mass is 32.2. The molecule has 5 nitrogen and oxygen atoms in total. The Morgan fingerprint density at radius 3 is 2.65 bits per heavy atom. The van der Waals surface area contributed by atoms with Gasteiger partial charge in [0.05, 0.1) is 11.5 Å². The molecule has 0 aromatic heterocycles. The van der Waals surface area contributed by atoms with Crippen molar-refractivity contribution in [2.45, 2.75) is 18.9 Å². The monoisotopic (exact) mass is 294 g/mol. The van der Waals surface area contributed by atoms with E-state index in [1.807, 2.05) is 12.1 Å². The largest absolute Gasteiger partial charge is 0.399 e. The van der Waals surface area contributed by atoms with Gasteiger partial charge in [0.25, 0.3) is 0 Å². The summed E-state index contributed by atoms with van der Waals surface area (Å²) in [4.78, 5) is 11.8. The molecule has 1 heterocycles. The van der Waals surface area contributed by atoms with Crippen LogP contribution in [0.3, 0.4) is 0 Å². The summed E-state index contributed by atoms with van der Waals surface area (Å²) in [6.07, 6.45) is 4.10. The van der Waals surface area contributed by atoms with E-state index in [9.17, 15) is 13.2 Å². The summed E-state index contributed by atoms with van der Waals surface area (Å²) >= 11 is 0. The maximum absolute atomic E-state index is 11.8. The topological polar surface area (TPSA) is 89.3 Å². The molecule has 1 aliphatic rings. The average Bonchev–Trinajstić information content (AvgIpc) is 2.39. The molecule has 0 saturated carbocycles. The molecule has 108 valence electrons. The third kappa shape index (κ3) is 4.38. The molecule has 2 rings (SSSR count). The molecule has 1 aliphatic heterocycles. The lowest BCUT2D eigenvalue weighted by Gasteiger charge is -2.22. The number of sulfone groups is 1. The van der Waals surface area contributed by atoms with Crippen LogP contribution in [0, 0.1) is 0 Å². The second-order valence-electron chi connectivity index (χ2n) is 4.94. The highest BCUT2D eigenvalue weighted by Gasteiger charge is 2.23. The quantitative estimate of drug-likeness (QED) is 0.642. The van der Waals surface area contributed by atoms with Crippen LogP contribution in [0.2, 0.25) is 0 Å². The molecule has 0 radical (unpaired) electrons. The first-order valence-corrected chi connectivity index (χ1v) is 8.31. The number of hydrogen-bond acceptors (Lipinski definition) is 4. The van der Waals surface area contributed by atoms with Crippen molar-refractivity contribution in [2.75, 3.05) is 17.2 Å². The van der Waals surface area contributed by atoms with Gasteiger partial charge >= 0.3 is 0 Å². The molecule has 1 fully saturated rings. The zero-order valence-electron chi connectivity index (χ0n) is 11.1. The Morgan fingerprint density at radius 1 is 1.30 bits per heavy atom. The number of carbonyl (C=O) groups excluding carboxylic acids is 1. The lowest BCUT2D eigenvalue weighted by molar-refractivity contribution is -0.117. The van der Waals surface area contributed by atoms with E-state index in [1.54, 1.807) is 18.2 Å². The highest BCUT2D eigenvalue weighted by molar-refractivity contribution is 7.91. The molecule has 0 bridgehead atoms. The minimum absolute atomic E-state index is 0.0588. The van der Waals surface area contributed by atoms with Gasteiger partial charge in [-0.1, -0.05) is 12.1 Å². The Balaban J connectivity index is 1.87. The number of nitrogens with one attached hydrogen (secondary N) is 1. The van der Waals surface area contributed by atoms with Crippen LogP contribution in [0.5, 0.6) is 0 Å². The predicted molar refractivity (Wildman–Crippen MR) is 79.7 cm³/mol. The van der Waals surface area contributed by atoms with Crippen molar-refractivity contribution in [3.05, 3.63) is 35.9 Å². The summed E-state index contributed by atoms with van der Waals surface area (Å²) in [6, 6.07) is 7.17. The van der Waals surface area contributed by atoms with Crippen molar-refractivity contribution in [1.29, 1.82) is 0 Å². The van der Waals surface area contributed by atoms with Crippen LogP contribution < -0.4 is 11.1 Å². The van der Waals surface area contributed by atoms with Crippen molar-refractivity contribution < 1.29 is 13.2 Å². The smallest absolute Gasteiger partial charge is 0.244 e. The fraction of sp³-hybridized carbons (Fsp3) is 0.357. The van der Waals surface area contributed by atoms with Gasteiger partial charge in [0.1, 0.15) is 9.84 Å². The Labute approximate surface area is 118 Å². The van der Waals surface area contributed by atoms with E-state index in [0.29, 0.717) is 18.5 Å². The van der Waals surface area contributed by atoms with Gasteiger partial charge < -0.3 is 11.1 Å². The van der Waals surface area contributed by atoms with E-state index in [-0.39, 0.29) is 23.5 Å². The third-order valence-electron chi connectivity index (χ3n) is 3.24. The summed E-state index contributed by atoms with van der Waals surface area (Å²) in [5.74, 6) is 0.0880. The van der Waals surface area contributed by atoms with Gasteiger partial charge in [-0.3, -0.25) is 4.79 Å². The van der Waals surface area contributed by atoms with Crippen LogP contribution in [0.4, 0.5) is 5.69 Å². The zero-order chi connectivity index (χ0) is 14.6. The van der Waals surface area contributed by atoms with Gasteiger partial charge in [-0.15, -0.1) is 0 Å². The number of carbonyl (C=O) groups is 1. The molecule has 0 unspecified atom stereocenters. The molecular weight excluding hydrogens is 276 g/mol. The lowest BCUT2D eigenvalue weighted by Crippen LogP contribution is -2.40. The molecule has 1 amide bonds. The molecule has 6 heteroatoms. The number of benzene rings is 1. The molecule has 20 heavy (non-hydrogen) atoms. The van der Waals surface area contributed by atoms with Gasteiger partial charge in [-0.25, -0.2) is 8.42 Å². The zero-order valence-corrected chi connectivity index (χ0v) is 11.9. The molecule has 0 spiro atoms. The lowest BCUT2D eigenvalue weighted by atomic mass is 10.1. The van der Waals surface area contributed by atoms with Gasteiger partial charge in [-0.2, -0.15) is 0 Å². The van der Waals surface area contributed by atoms with Crippen molar-refractivity contribution in [2.24, 2.45) is 0 Å². The fourth-order valence-corrected chi connectivity index (χ4v) is 3.61. The standard InChI is InChI=1S/C14H18N2O3S/c15-12-3-1-2-11(10-12)4-5-14(17)16-13-6-8-20(18,19)9-7-13/h1-5,10,13H,6-9,15H2,(H,16,17)/b5-4+. The third-order valence-corrected chi connectivity index (χ3v) is 4.95. The number of nitrogens with two attached hydrogens (primary N) is 1. The van der Waals surface area contributed by atoms with E-state index in [1.165, 1.54) is 6.08 Å². The van der Waals surface area contributed by atoms with E-state index in [0.717, 1.165) is 5.56 Å². The van der Waals surface area contributed by atoms with Crippen LogP contribution in [0.1, 0.15) is 18.4 Å². The minimum Gasteiger partial charge on any atom is -0.399 e. The Hall–Kier alpha value is -1.82. The summed E-state index contributed by atoms with van der Waals surface area (Å²) in [7, 11) is -2.89. The number of hydrogen-bond donors (Lipinski definition) is 2. The first kappa shape index (κ1) is 14.6. The van der Waals surface area contributed by atoms with Crippen LogP contribution in [0.25, 0.3) is 6.08 Å². The van der Waals surface area contributed by atoms with E-state index in [2.05, 4.69) is 5.32 Å². The number of rotatable bonds is 3. The molecule has 0 aliphatic carbocycles. The highest BCUT2D eigenvalue weighted by Crippen LogP contribution is 2.12. The first-order chi connectivity index (χ1) is 9.44. The van der Waals surface area contributed by atoms with Crippen molar-refractivity contribution in [3.8, 4) is 0 Å². The van der Waals surface area contributed by atoms with Crippen molar-refractivity contribution in [1.82, 2.24) is 5.32 Å². The SMILES string of the molecule is Nc1cccc(/C=C/C(=O)NC2CCS(=O)(=O)CC2)c1. The Bertz CT molecular complexity index is 609. The molecule has 3 N–H and O–H groups in total. The first-order valence-electron chi connectivity index (χ1n) is 6.49. The molecule has 1 saturated heterocycles. The summed E-state index contributed by atoms with van der Waals surface area (Å²) < 4.78 is 22.6. The average molecular weight is 294 g/mol. The second-order valence-corrected chi connectivity index (χ2v) is 7.24. The van der Waals surface area contributed by atoms with E-state index >= 15 is 0 Å². The van der Waals surface area contributed by atoms with E-state index in [4.69, 9.17) is 5.73 Å². The maximum atomic E-state index is 11.8. The molecular formula is C14H18N2O3S. The molecule has 0 atom stereocenters. The summed E-state index contributed by atoms with van der Waals surface area (Å²) in [6.45, 7) is 0. The maximum Gasteiger partial charge on any atom is 0.244 e. The number of anilines is 1. The summed E-state index contributed by atoms with van der Waals surface area (Å²) in [5, 5.41) is 2.82. The van der Waals surface area contributed by atoms with Gasteiger partial charge in [-0.05, 0) is 36.6 Å². The Morgan fingerprint density at radius 2 is 2.00 bits per heavy atom. The normalized spacial score (nSPS) is 19.0. The van der Waals surface area contributed by atoms with Crippen molar-refractivity contribution in [3.63, 3.8) is 0 Å². The van der Waals surface area contributed by atoms with Gasteiger partial charge in [0.15, 0.2) is 0 Å². The second kappa shape index (κ2) is 6.09. The Kier molecular flexibility index (Phi) is 4.44. The van der Waals surface area contributed by atoms with Crippen molar-refractivity contribution >= 4 is 27.5 Å². The number of amides is 1.